The summed E-state index contributed by atoms with van der Waals surface area (Å²) in [4.78, 5) is 36.1. The van der Waals surface area contributed by atoms with E-state index in [4.69, 9.17) is 9.84 Å². The molecule has 5 rings (SSSR count). The lowest BCUT2D eigenvalue weighted by atomic mass is 9.78. The Morgan fingerprint density at radius 2 is 1.91 bits per heavy atom. The lowest BCUT2D eigenvalue weighted by molar-refractivity contribution is 0.0689. The van der Waals surface area contributed by atoms with Gasteiger partial charge in [-0.05, 0) is 55.0 Å². The van der Waals surface area contributed by atoms with Crippen LogP contribution in [0.2, 0.25) is 0 Å². The summed E-state index contributed by atoms with van der Waals surface area (Å²) in [7, 11) is 0. The maximum atomic E-state index is 12.7. The molecule has 2 aromatic heterocycles. The normalized spacial score (nSPS) is 17.7. The van der Waals surface area contributed by atoms with Crippen molar-refractivity contribution < 1.29 is 19.4 Å². The van der Waals surface area contributed by atoms with Crippen LogP contribution < -0.4 is 4.74 Å². The minimum Gasteiger partial charge on any atom is -0.476 e. The largest absolute Gasteiger partial charge is 0.476 e. The van der Waals surface area contributed by atoms with Crippen LogP contribution in [-0.4, -0.2) is 72.8 Å². The van der Waals surface area contributed by atoms with Crippen molar-refractivity contribution in [2.24, 2.45) is 5.41 Å². The van der Waals surface area contributed by atoms with Gasteiger partial charge in [-0.2, -0.15) is 9.78 Å². The second-order valence-electron chi connectivity index (χ2n) is 8.97. The Bertz CT molecular complexity index is 1170. The number of aromatic nitrogens is 4. The number of carbonyl (C=O) groups excluding carboxylic acids is 1. The first-order valence-corrected chi connectivity index (χ1v) is 11.3. The van der Waals surface area contributed by atoms with E-state index in [1.165, 1.54) is 17.8 Å². The fourth-order valence-electron chi connectivity index (χ4n) is 4.86. The van der Waals surface area contributed by atoms with Gasteiger partial charge in [0.15, 0.2) is 5.69 Å². The molecule has 0 unspecified atom stereocenters. The van der Waals surface area contributed by atoms with Crippen LogP contribution in [0.5, 0.6) is 11.6 Å². The van der Waals surface area contributed by atoms with Crippen LogP contribution >= 0.6 is 0 Å². The van der Waals surface area contributed by atoms with Crippen molar-refractivity contribution in [3.05, 3.63) is 66.4 Å². The maximum absolute atomic E-state index is 12.7. The van der Waals surface area contributed by atoms with Gasteiger partial charge in [0.2, 0.25) is 5.88 Å². The predicted octanol–water partition coefficient (Wildman–Crippen LogP) is 3.12. The number of piperidine rings is 1. The first kappa shape index (κ1) is 22.0. The summed E-state index contributed by atoms with van der Waals surface area (Å²) in [6, 6.07) is 9.12. The number of nitrogens with zero attached hydrogens (tertiary/aromatic N) is 6. The summed E-state index contributed by atoms with van der Waals surface area (Å²) in [5.74, 6) is 0.0693. The van der Waals surface area contributed by atoms with E-state index in [9.17, 15) is 9.59 Å². The van der Waals surface area contributed by atoms with E-state index in [0.717, 1.165) is 49.3 Å². The minimum absolute atomic E-state index is 0.126. The summed E-state index contributed by atoms with van der Waals surface area (Å²) in [6.45, 7) is 4.15. The standard InChI is InChI=1S/C24H26N6O4/c31-22(32)20-4-10-30(27-20)23(33)29-12-6-24(7-13-29)5-11-28(17-24)16-18-2-1-3-19(14-18)34-21-15-25-8-9-26-21/h1-4,8-10,14-15H,5-7,11-13,16-17H2,(H,31,32). The van der Waals surface area contributed by atoms with Gasteiger partial charge in [0, 0.05) is 44.8 Å². The first-order chi connectivity index (χ1) is 16.5. The molecule has 4 heterocycles. The third-order valence-electron chi connectivity index (χ3n) is 6.68. The van der Waals surface area contributed by atoms with E-state index >= 15 is 0 Å². The molecule has 2 saturated heterocycles. The van der Waals surface area contributed by atoms with Gasteiger partial charge >= 0.3 is 12.0 Å². The SMILES string of the molecule is O=C(O)c1ccn(C(=O)N2CCC3(CCN(Cc4cccc(Oc5cnccn5)c4)C3)CC2)n1. The van der Waals surface area contributed by atoms with E-state index < -0.39 is 5.97 Å². The van der Waals surface area contributed by atoms with Gasteiger partial charge < -0.3 is 14.7 Å². The topological polar surface area (TPSA) is 114 Å². The Morgan fingerprint density at radius 3 is 2.65 bits per heavy atom. The number of aromatic carboxylic acids is 1. The molecule has 2 fully saturated rings. The Hall–Kier alpha value is -3.79. The summed E-state index contributed by atoms with van der Waals surface area (Å²) in [6.07, 6.45) is 9.18. The number of likely N-dealkylation sites (tertiary alicyclic amines) is 2. The summed E-state index contributed by atoms with van der Waals surface area (Å²) >= 11 is 0. The monoisotopic (exact) mass is 462 g/mol. The van der Waals surface area contributed by atoms with Gasteiger partial charge in [-0.1, -0.05) is 12.1 Å². The second kappa shape index (κ2) is 9.22. The molecule has 1 spiro atoms. The number of benzene rings is 1. The van der Waals surface area contributed by atoms with E-state index in [1.54, 1.807) is 23.5 Å². The van der Waals surface area contributed by atoms with Crippen LogP contribution in [0.4, 0.5) is 4.79 Å². The molecule has 10 heteroatoms. The molecule has 3 aromatic rings. The average molecular weight is 463 g/mol. The zero-order valence-electron chi connectivity index (χ0n) is 18.7. The Labute approximate surface area is 196 Å². The zero-order valence-corrected chi connectivity index (χ0v) is 18.7. The quantitative estimate of drug-likeness (QED) is 0.615. The second-order valence-corrected chi connectivity index (χ2v) is 8.97. The van der Waals surface area contributed by atoms with Gasteiger partial charge in [-0.25, -0.2) is 14.6 Å². The Morgan fingerprint density at radius 1 is 1.09 bits per heavy atom. The highest BCUT2D eigenvalue weighted by atomic mass is 16.5. The molecule has 0 bridgehead atoms. The summed E-state index contributed by atoms with van der Waals surface area (Å²) in [5.41, 5.74) is 1.26. The molecular weight excluding hydrogens is 436 g/mol. The lowest BCUT2D eigenvalue weighted by Crippen LogP contribution is -2.45. The minimum atomic E-state index is -1.14. The highest BCUT2D eigenvalue weighted by Gasteiger charge is 2.41. The fourth-order valence-corrected chi connectivity index (χ4v) is 4.86. The van der Waals surface area contributed by atoms with Crippen molar-refractivity contribution >= 4 is 12.0 Å². The number of ether oxygens (including phenoxy) is 1. The molecule has 2 aliphatic rings. The predicted molar refractivity (Wildman–Crippen MR) is 122 cm³/mol. The van der Waals surface area contributed by atoms with Crippen LogP contribution in [-0.2, 0) is 6.54 Å². The third kappa shape index (κ3) is 4.76. The number of rotatable bonds is 5. The fraction of sp³-hybridized carbons (Fsp3) is 0.375. The molecule has 1 amide bonds. The van der Waals surface area contributed by atoms with E-state index in [-0.39, 0.29) is 17.1 Å². The Balaban J connectivity index is 1.15. The van der Waals surface area contributed by atoms with Crippen molar-refractivity contribution in [1.82, 2.24) is 29.5 Å². The molecule has 0 aliphatic carbocycles. The van der Waals surface area contributed by atoms with Gasteiger partial charge in [0.1, 0.15) is 5.75 Å². The average Bonchev–Trinajstić information content (AvgIpc) is 3.48. The number of carboxylic acids is 1. The smallest absolute Gasteiger partial charge is 0.356 e. The van der Waals surface area contributed by atoms with Crippen LogP contribution in [0, 0.1) is 5.41 Å². The van der Waals surface area contributed by atoms with Crippen LogP contribution in [0.25, 0.3) is 0 Å². The van der Waals surface area contributed by atoms with E-state index in [2.05, 4.69) is 26.0 Å². The van der Waals surface area contributed by atoms with Crippen molar-refractivity contribution in [3.8, 4) is 11.6 Å². The van der Waals surface area contributed by atoms with Crippen molar-refractivity contribution in [2.45, 2.75) is 25.8 Å². The molecule has 10 nitrogen and oxygen atoms in total. The molecule has 0 atom stereocenters. The molecule has 2 aliphatic heterocycles. The van der Waals surface area contributed by atoms with Gasteiger partial charge in [-0.15, -0.1) is 0 Å². The molecule has 34 heavy (non-hydrogen) atoms. The number of carbonyl (C=O) groups is 2. The molecule has 0 radical (unpaired) electrons. The number of amides is 1. The van der Waals surface area contributed by atoms with E-state index in [1.807, 2.05) is 18.2 Å². The molecular formula is C24H26N6O4. The number of carboxylic acid groups (broad SMARTS) is 1. The van der Waals surface area contributed by atoms with Gasteiger partial charge in [-0.3, -0.25) is 9.88 Å². The molecule has 0 saturated carbocycles. The van der Waals surface area contributed by atoms with Crippen LogP contribution in [0.1, 0.15) is 35.3 Å². The van der Waals surface area contributed by atoms with E-state index in [0.29, 0.717) is 19.0 Å². The zero-order chi connectivity index (χ0) is 23.5. The first-order valence-electron chi connectivity index (χ1n) is 11.3. The lowest BCUT2D eigenvalue weighted by Gasteiger charge is -2.39. The van der Waals surface area contributed by atoms with Gasteiger partial charge in [0.25, 0.3) is 0 Å². The summed E-state index contributed by atoms with van der Waals surface area (Å²) < 4.78 is 6.93. The molecule has 1 N–H and O–H groups in total. The van der Waals surface area contributed by atoms with Crippen LogP contribution in [0.15, 0.2) is 55.1 Å². The third-order valence-corrected chi connectivity index (χ3v) is 6.68. The van der Waals surface area contributed by atoms with Crippen molar-refractivity contribution in [3.63, 3.8) is 0 Å². The Kier molecular flexibility index (Phi) is 5.97. The highest BCUT2D eigenvalue weighted by molar-refractivity contribution is 5.86. The van der Waals surface area contributed by atoms with Crippen molar-refractivity contribution in [2.75, 3.05) is 26.2 Å². The molecule has 1 aromatic carbocycles. The highest BCUT2D eigenvalue weighted by Crippen LogP contribution is 2.41. The summed E-state index contributed by atoms with van der Waals surface area (Å²) in [5, 5.41) is 12.9. The molecule has 176 valence electrons. The number of hydrogen-bond donors (Lipinski definition) is 1. The van der Waals surface area contributed by atoms with Gasteiger partial charge in [0.05, 0.1) is 6.20 Å². The maximum Gasteiger partial charge on any atom is 0.356 e. The van der Waals surface area contributed by atoms with Crippen molar-refractivity contribution in [1.29, 1.82) is 0 Å². The number of hydrogen-bond acceptors (Lipinski definition) is 7. The van der Waals surface area contributed by atoms with Crippen LogP contribution in [0.3, 0.4) is 0 Å².